The summed E-state index contributed by atoms with van der Waals surface area (Å²) in [6.45, 7) is 5.75. The molecule has 1 aliphatic heterocycles. The van der Waals surface area contributed by atoms with Gasteiger partial charge in [-0.1, -0.05) is 53.8 Å². The van der Waals surface area contributed by atoms with E-state index in [1.165, 1.54) is 15.9 Å². The molecule has 4 aromatic rings. The van der Waals surface area contributed by atoms with Crippen molar-refractivity contribution in [2.75, 3.05) is 13.2 Å². The van der Waals surface area contributed by atoms with E-state index in [9.17, 15) is 14.4 Å². The molecular weight excluding hydrogens is 516 g/mol. The van der Waals surface area contributed by atoms with Crippen LogP contribution in [-0.4, -0.2) is 29.7 Å². The second-order valence-corrected chi connectivity index (χ2v) is 9.73. The highest BCUT2D eigenvalue weighted by Gasteiger charge is 2.33. The molecule has 0 saturated carbocycles. The Labute approximate surface area is 228 Å². The van der Waals surface area contributed by atoms with Gasteiger partial charge in [0.2, 0.25) is 0 Å². The minimum Gasteiger partial charge on any atom is -0.463 e. The maximum absolute atomic E-state index is 13.7. The van der Waals surface area contributed by atoms with E-state index in [-0.39, 0.29) is 18.8 Å². The minimum absolute atomic E-state index is 0.213. The third-order valence-electron chi connectivity index (χ3n) is 6.19. The summed E-state index contributed by atoms with van der Waals surface area (Å²) in [4.78, 5) is 43.9. The molecule has 9 heteroatoms. The van der Waals surface area contributed by atoms with E-state index in [4.69, 9.17) is 13.9 Å². The van der Waals surface area contributed by atoms with Crippen LogP contribution in [0.4, 0.5) is 0 Å². The standard InChI is InChI=1S/C30H26N2O6S/c1-4-36-28(34)21-13-9-12-20(16-21)23-15-14-22(38-23)17-24-27(33)32-26(19-10-7-6-8-11-19)25(29(35)37-5-2)18(3)31-30(32)39-24/h6-17,26H,4-5H2,1-3H3/b24-17-. The van der Waals surface area contributed by atoms with Crippen LogP contribution in [0.15, 0.2) is 92.2 Å². The lowest BCUT2D eigenvalue weighted by atomic mass is 9.96. The normalized spacial score (nSPS) is 15.1. The summed E-state index contributed by atoms with van der Waals surface area (Å²) < 4.78 is 18.4. The van der Waals surface area contributed by atoms with E-state index in [0.717, 1.165) is 5.56 Å². The summed E-state index contributed by atoms with van der Waals surface area (Å²) in [6.07, 6.45) is 1.66. The zero-order valence-corrected chi connectivity index (χ0v) is 22.5. The number of benzene rings is 2. The highest BCUT2D eigenvalue weighted by molar-refractivity contribution is 7.07. The average Bonchev–Trinajstić information content (AvgIpc) is 3.53. The van der Waals surface area contributed by atoms with Crippen molar-refractivity contribution in [3.63, 3.8) is 0 Å². The number of hydrogen-bond donors (Lipinski definition) is 0. The first-order valence-electron chi connectivity index (χ1n) is 12.5. The number of fused-ring (bicyclic) bond motifs is 1. The van der Waals surface area contributed by atoms with Gasteiger partial charge in [0, 0.05) is 11.6 Å². The summed E-state index contributed by atoms with van der Waals surface area (Å²) in [7, 11) is 0. The van der Waals surface area contributed by atoms with E-state index >= 15 is 0 Å². The molecular formula is C30H26N2O6S. The van der Waals surface area contributed by atoms with Crippen LogP contribution < -0.4 is 14.9 Å². The van der Waals surface area contributed by atoms with Gasteiger partial charge in [0.15, 0.2) is 4.80 Å². The second-order valence-electron chi connectivity index (χ2n) is 8.72. The second kappa shape index (κ2) is 11.1. The molecule has 2 aromatic heterocycles. The number of thiazole rings is 1. The molecule has 0 saturated heterocycles. The van der Waals surface area contributed by atoms with Crippen LogP contribution in [-0.2, 0) is 14.3 Å². The molecule has 0 spiro atoms. The van der Waals surface area contributed by atoms with Crippen molar-refractivity contribution in [3.05, 3.63) is 115 Å². The quantitative estimate of drug-likeness (QED) is 0.324. The molecule has 198 valence electrons. The highest BCUT2D eigenvalue weighted by atomic mass is 32.1. The van der Waals surface area contributed by atoms with Gasteiger partial charge < -0.3 is 13.9 Å². The van der Waals surface area contributed by atoms with Crippen LogP contribution in [0.3, 0.4) is 0 Å². The van der Waals surface area contributed by atoms with Crippen LogP contribution in [0.2, 0.25) is 0 Å². The van der Waals surface area contributed by atoms with Gasteiger partial charge in [-0.2, -0.15) is 0 Å². The Morgan fingerprint density at radius 1 is 1.00 bits per heavy atom. The Kier molecular flexibility index (Phi) is 7.42. The number of ether oxygens (including phenoxy) is 2. The van der Waals surface area contributed by atoms with Gasteiger partial charge in [0.1, 0.15) is 11.5 Å². The lowest BCUT2D eigenvalue weighted by Gasteiger charge is -2.24. The highest BCUT2D eigenvalue weighted by Crippen LogP contribution is 2.30. The topological polar surface area (TPSA) is 100 Å². The van der Waals surface area contributed by atoms with E-state index < -0.39 is 18.0 Å². The van der Waals surface area contributed by atoms with Gasteiger partial charge in [0.05, 0.1) is 40.6 Å². The zero-order chi connectivity index (χ0) is 27.5. The number of nitrogens with zero attached hydrogens (tertiary/aromatic N) is 2. The molecule has 5 rings (SSSR count). The zero-order valence-electron chi connectivity index (χ0n) is 21.7. The van der Waals surface area contributed by atoms with Crippen molar-refractivity contribution >= 4 is 29.4 Å². The number of aromatic nitrogens is 1. The number of rotatable bonds is 7. The fourth-order valence-electron chi connectivity index (χ4n) is 4.47. The Morgan fingerprint density at radius 2 is 1.74 bits per heavy atom. The summed E-state index contributed by atoms with van der Waals surface area (Å²) in [5.74, 6) is 0.109. The van der Waals surface area contributed by atoms with Crippen LogP contribution in [0.5, 0.6) is 0 Å². The molecule has 0 amide bonds. The van der Waals surface area contributed by atoms with Gasteiger partial charge >= 0.3 is 11.9 Å². The average molecular weight is 543 g/mol. The molecule has 1 aliphatic rings. The Hall–Kier alpha value is -4.50. The summed E-state index contributed by atoms with van der Waals surface area (Å²) in [5.41, 5.74) is 2.48. The van der Waals surface area contributed by atoms with Crippen LogP contribution >= 0.6 is 11.3 Å². The smallest absolute Gasteiger partial charge is 0.338 e. The van der Waals surface area contributed by atoms with Crippen LogP contribution in [0.1, 0.15) is 48.5 Å². The number of esters is 2. The van der Waals surface area contributed by atoms with Crippen molar-refractivity contribution < 1.29 is 23.5 Å². The number of hydrogen-bond acceptors (Lipinski definition) is 8. The van der Waals surface area contributed by atoms with Gasteiger partial charge in [-0.25, -0.2) is 14.6 Å². The molecule has 0 N–H and O–H groups in total. The summed E-state index contributed by atoms with van der Waals surface area (Å²) in [6, 6.07) is 19.2. The van der Waals surface area contributed by atoms with Crippen LogP contribution in [0, 0.1) is 0 Å². The maximum atomic E-state index is 13.7. The summed E-state index contributed by atoms with van der Waals surface area (Å²) in [5, 5.41) is 0. The molecule has 3 heterocycles. The van der Waals surface area contributed by atoms with Crippen molar-refractivity contribution in [2.45, 2.75) is 26.8 Å². The van der Waals surface area contributed by atoms with Crippen molar-refractivity contribution in [3.8, 4) is 11.3 Å². The van der Waals surface area contributed by atoms with E-state index in [1.807, 2.05) is 36.4 Å². The Bertz CT molecular complexity index is 1760. The SMILES string of the molecule is CCOC(=O)C1=C(C)N=c2s/c(=C\c3ccc(-c4cccc(C(=O)OCC)c4)o3)c(=O)n2C1c1ccccc1. The molecule has 39 heavy (non-hydrogen) atoms. The molecule has 0 bridgehead atoms. The fraction of sp³-hybridized carbons (Fsp3) is 0.200. The molecule has 8 nitrogen and oxygen atoms in total. The Morgan fingerprint density at radius 3 is 2.49 bits per heavy atom. The first-order valence-corrected chi connectivity index (χ1v) is 13.3. The van der Waals surface area contributed by atoms with E-state index in [2.05, 4.69) is 4.99 Å². The van der Waals surface area contributed by atoms with Crippen molar-refractivity contribution in [2.24, 2.45) is 4.99 Å². The first kappa shape index (κ1) is 26.1. The number of carbonyl (C=O) groups is 2. The molecule has 0 radical (unpaired) electrons. The molecule has 1 unspecified atom stereocenters. The predicted molar refractivity (Wildman–Crippen MR) is 147 cm³/mol. The monoisotopic (exact) mass is 542 g/mol. The van der Waals surface area contributed by atoms with Gasteiger partial charge in [-0.05, 0) is 50.6 Å². The number of carbonyl (C=O) groups excluding carboxylic acids is 2. The molecule has 0 fully saturated rings. The fourth-order valence-corrected chi connectivity index (χ4v) is 5.50. The number of allylic oxidation sites excluding steroid dienone is 1. The van der Waals surface area contributed by atoms with E-state index in [0.29, 0.717) is 43.3 Å². The Balaban J connectivity index is 1.57. The van der Waals surface area contributed by atoms with Crippen molar-refractivity contribution in [1.82, 2.24) is 4.57 Å². The summed E-state index contributed by atoms with van der Waals surface area (Å²) >= 11 is 1.22. The number of furan rings is 1. The predicted octanol–water partition coefficient (Wildman–Crippen LogP) is 4.24. The molecule has 1 atom stereocenters. The lowest BCUT2D eigenvalue weighted by molar-refractivity contribution is -0.139. The maximum Gasteiger partial charge on any atom is 0.338 e. The minimum atomic E-state index is -0.665. The van der Waals surface area contributed by atoms with E-state index in [1.54, 1.807) is 57.2 Å². The first-order chi connectivity index (χ1) is 18.9. The van der Waals surface area contributed by atoms with Crippen LogP contribution in [0.25, 0.3) is 17.4 Å². The van der Waals surface area contributed by atoms with Gasteiger partial charge in [-0.15, -0.1) is 0 Å². The molecule has 2 aromatic carbocycles. The third-order valence-corrected chi connectivity index (χ3v) is 7.17. The van der Waals surface area contributed by atoms with Gasteiger partial charge in [-0.3, -0.25) is 9.36 Å². The largest absolute Gasteiger partial charge is 0.463 e. The lowest BCUT2D eigenvalue weighted by Crippen LogP contribution is -2.39. The third kappa shape index (κ3) is 5.13. The van der Waals surface area contributed by atoms with Gasteiger partial charge in [0.25, 0.3) is 5.56 Å². The van der Waals surface area contributed by atoms with Crippen molar-refractivity contribution in [1.29, 1.82) is 0 Å². The molecule has 0 aliphatic carbocycles.